The first-order valence-corrected chi connectivity index (χ1v) is 7.14. The molecule has 0 bridgehead atoms. The molecule has 1 aliphatic rings. The molecule has 20 heavy (non-hydrogen) atoms. The van der Waals surface area contributed by atoms with Gasteiger partial charge in [0.05, 0.1) is 12.0 Å². The SMILES string of the molecule is CCCNC(=O)[C@@H]1CC(=O)N(C)[C@@H]1c1ccc(C)cc1. The minimum absolute atomic E-state index is 0.0184. The topological polar surface area (TPSA) is 49.4 Å². The van der Waals surface area contributed by atoms with Crippen LogP contribution < -0.4 is 5.32 Å². The average Bonchev–Trinajstić information content (AvgIpc) is 2.73. The number of aryl methyl sites for hydroxylation is 1. The quantitative estimate of drug-likeness (QED) is 0.913. The van der Waals surface area contributed by atoms with Crippen molar-refractivity contribution in [3.8, 4) is 0 Å². The van der Waals surface area contributed by atoms with E-state index in [-0.39, 0.29) is 23.8 Å². The molecule has 1 fully saturated rings. The van der Waals surface area contributed by atoms with Gasteiger partial charge in [-0.1, -0.05) is 36.8 Å². The van der Waals surface area contributed by atoms with E-state index in [1.807, 2.05) is 38.1 Å². The van der Waals surface area contributed by atoms with E-state index >= 15 is 0 Å². The highest BCUT2D eigenvalue weighted by atomic mass is 16.2. The van der Waals surface area contributed by atoms with Crippen molar-refractivity contribution in [2.45, 2.75) is 32.7 Å². The molecule has 108 valence electrons. The van der Waals surface area contributed by atoms with Crippen molar-refractivity contribution in [1.82, 2.24) is 10.2 Å². The van der Waals surface area contributed by atoms with Gasteiger partial charge in [0.1, 0.15) is 0 Å². The number of amides is 2. The Kier molecular flexibility index (Phi) is 4.42. The van der Waals surface area contributed by atoms with Gasteiger partial charge in [-0.15, -0.1) is 0 Å². The molecule has 1 saturated heterocycles. The normalized spacial score (nSPS) is 22.1. The Morgan fingerprint density at radius 2 is 2.00 bits per heavy atom. The number of carbonyl (C=O) groups excluding carboxylic acids is 2. The highest BCUT2D eigenvalue weighted by molar-refractivity contribution is 5.90. The molecule has 0 aromatic heterocycles. The first kappa shape index (κ1) is 14.6. The predicted molar refractivity (Wildman–Crippen MR) is 78.1 cm³/mol. The summed E-state index contributed by atoms with van der Waals surface area (Å²) in [5, 5.41) is 2.91. The molecule has 0 spiro atoms. The minimum atomic E-state index is -0.290. The van der Waals surface area contributed by atoms with E-state index in [0.29, 0.717) is 13.0 Å². The lowest BCUT2D eigenvalue weighted by Crippen LogP contribution is -2.34. The van der Waals surface area contributed by atoms with Gasteiger partial charge in [-0.25, -0.2) is 0 Å². The summed E-state index contributed by atoms with van der Waals surface area (Å²) in [7, 11) is 1.78. The van der Waals surface area contributed by atoms with E-state index in [0.717, 1.165) is 12.0 Å². The maximum Gasteiger partial charge on any atom is 0.226 e. The van der Waals surface area contributed by atoms with Crippen molar-refractivity contribution >= 4 is 11.8 Å². The number of nitrogens with zero attached hydrogens (tertiary/aromatic N) is 1. The lowest BCUT2D eigenvalue weighted by atomic mass is 9.92. The molecule has 0 saturated carbocycles. The zero-order valence-electron chi connectivity index (χ0n) is 12.3. The summed E-state index contributed by atoms with van der Waals surface area (Å²) in [5.41, 5.74) is 2.20. The number of likely N-dealkylation sites (tertiary alicyclic amines) is 1. The Morgan fingerprint density at radius 1 is 1.35 bits per heavy atom. The predicted octanol–water partition coefficient (Wildman–Crippen LogP) is 2.04. The monoisotopic (exact) mass is 274 g/mol. The van der Waals surface area contributed by atoms with E-state index in [1.54, 1.807) is 11.9 Å². The number of carbonyl (C=O) groups is 2. The van der Waals surface area contributed by atoms with E-state index in [1.165, 1.54) is 5.56 Å². The molecule has 1 N–H and O–H groups in total. The third kappa shape index (κ3) is 2.84. The molecular formula is C16H22N2O2. The third-order valence-corrected chi connectivity index (χ3v) is 3.89. The number of benzene rings is 1. The molecule has 0 unspecified atom stereocenters. The summed E-state index contributed by atoms with van der Waals surface area (Å²) < 4.78 is 0. The zero-order chi connectivity index (χ0) is 14.7. The second-order valence-electron chi connectivity index (χ2n) is 5.46. The Labute approximate surface area is 120 Å². The summed E-state index contributed by atoms with van der Waals surface area (Å²) >= 11 is 0. The maximum absolute atomic E-state index is 12.3. The largest absolute Gasteiger partial charge is 0.356 e. The van der Waals surface area contributed by atoms with Crippen LogP contribution in [0, 0.1) is 12.8 Å². The minimum Gasteiger partial charge on any atom is -0.356 e. The van der Waals surface area contributed by atoms with Crippen LogP contribution >= 0.6 is 0 Å². The van der Waals surface area contributed by atoms with Gasteiger partial charge in [0.15, 0.2) is 0 Å². The van der Waals surface area contributed by atoms with Crippen LogP contribution in [0.1, 0.15) is 36.9 Å². The third-order valence-electron chi connectivity index (χ3n) is 3.89. The van der Waals surface area contributed by atoms with Gasteiger partial charge >= 0.3 is 0 Å². The highest BCUT2D eigenvalue weighted by Crippen LogP contribution is 2.37. The van der Waals surface area contributed by atoms with Crippen LogP contribution in [0.4, 0.5) is 0 Å². The zero-order valence-corrected chi connectivity index (χ0v) is 12.3. The maximum atomic E-state index is 12.3. The molecule has 4 nitrogen and oxygen atoms in total. The van der Waals surface area contributed by atoms with E-state index < -0.39 is 0 Å². The number of rotatable bonds is 4. The lowest BCUT2D eigenvalue weighted by Gasteiger charge is -2.25. The summed E-state index contributed by atoms with van der Waals surface area (Å²) in [6.07, 6.45) is 1.20. The highest BCUT2D eigenvalue weighted by Gasteiger charge is 2.42. The number of hydrogen-bond donors (Lipinski definition) is 1. The van der Waals surface area contributed by atoms with Crippen LogP contribution in [-0.4, -0.2) is 30.3 Å². The first-order valence-electron chi connectivity index (χ1n) is 7.14. The lowest BCUT2D eigenvalue weighted by molar-refractivity contribution is -0.128. The molecule has 1 aliphatic heterocycles. The van der Waals surface area contributed by atoms with Crippen molar-refractivity contribution in [3.05, 3.63) is 35.4 Å². The fourth-order valence-corrected chi connectivity index (χ4v) is 2.70. The van der Waals surface area contributed by atoms with Gasteiger partial charge in [0.2, 0.25) is 11.8 Å². The van der Waals surface area contributed by atoms with E-state index in [2.05, 4.69) is 5.32 Å². The molecule has 2 rings (SSSR count). The Morgan fingerprint density at radius 3 is 2.60 bits per heavy atom. The number of nitrogens with one attached hydrogen (secondary N) is 1. The Hall–Kier alpha value is -1.84. The van der Waals surface area contributed by atoms with Crippen LogP contribution in [-0.2, 0) is 9.59 Å². The second kappa shape index (κ2) is 6.07. The van der Waals surface area contributed by atoms with E-state index in [9.17, 15) is 9.59 Å². The molecule has 1 heterocycles. The van der Waals surface area contributed by atoms with Crippen molar-refractivity contribution in [2.24, 2.45) is 5.92 Å². The van der Waals surface area contributed by atoms with E-state index in [4.69, 9.17) is 0 Å². The van der Waals surface area contributed by atoms with Crippen molar-refractivity contribution < 1.29 is 9.59 Å². The van der Waals surface area contributed by atoms with Gasteiger partial charge in [0, 0.05) is 20.0 Å². The van der Waals surface area contributed by atoms with Crippen LogP contribution in [0.2, 0.25) is 0 Å². The Balaban J connectivity index is 2.24. The molecular weight excluding hydrogens is 252 g/mol. The fraction of sp³-hybridized carbons (Fsp3) is 0.500. The number of hydrogen-bond acceptors (Lipinski definition) is 2. The second-order valence-corrected chi connectivity index (χ2v) is 5.46. The van der Waals surface area contributed by atoms with Gasteiger partial charge < -0.3 is 10.2 Å². The average molecular weight is 274 g/mol. The van der Waals surface area contributed by atoms with Crippen LogP contribution in [0.25, 0.3) is 0 Å². The molecule has 2 amide bonds. The Bertz CT molecular complexity index is 496. The molecule has 2 atom stereocenters. The molecule has 1 aromatic rings. The molecule has 0 radical (unpaired) electrons. The van der Waals surface area contributed by atoms with Crippen LogP contribution in [0.5, 0.6) is 0 Å². The van der Waals surface area contributed by atoms with Gasteiger partial charge in [-0.3, -0.25) is 9.59 Å². The van der Waals surface area contributed by atoms with Crippen LogP contribution in [0.15, 0.2) is 24.3 Å². The smallest absolute Gasteiger partial charge is 0.226 e. The first-order chi connectivity index (χ1) is 9.54. The van der Waals surface area contributed by atoms with Gasteiger partial charge in [-0.05, 0) is 18.9 Å². The van der Waals surface area contributed by atoms with Gasteiger partial charge in [0.25, 0.3) is 0 Å². The van der Waals surface area contributed by atoms with Crippen LogP contribution in [0.3, 0.4) is 0 Å². The fourth-order valence-electron chi connectivity index (χ4n) is 2.70. The molecule has 0 aliphatic carbocycles. The summed E-state index contributed by atoms with van der Waals surface area (Å²) in [6, 6.07) is 7.91. The van der Waals surface area contributed by atoms with Crippen molar-refractivity contribution in [1.29, 1.82) is 0 Å². The molecule has 4 heteroatoms. The molecule has 1 aromatic carbocycles. The van der Waals surface area contributed by atoms with Crippen molar-refractivity contribution in [3.63, 3.8) is 0 Å². The summed E-state index contributed by atoms with van der Waals surface area (Å²) in [5.74, 6) is -0.274. The summed E-state index contributed by atoms with van der Waals surface area (Å²) in [4.78, 5) is 25.9. The standard InChI is InChI=1S/C16H22N2O2/c1-4-9-17-16(20)13-10-14(19)18(3)15(13)12-7-5-11(2)6-8-12/h5-8,13,15H,4,9-10H2,1-3H3,(H,17,20)/t13-,15-/m1/s1. The van der Waals surface area contributed by atoms with Crippen molar-refractivity contribution in [2.75, 3.05) is 13.6 Å². The van der Waals surface area contributed by atoms with Gasteiger partial charge in [-0.2, -0.15) is 0 Å². The summed E-state index contributed by atoms with van der Waals surface area (Å²) in [6.45, 7) is 4.70.